The molecular weight excluding hydrogens is 178 g/mol. The van der Waals surface area contributed by atoms with Crippen molar-refractivity contribution in [3.8, 4) is 0 Å². The average Bonchev–Trinajstić information content (AvgIpc) is 1.99. The number of nitrogens with two attached hydrogens (primary N) is 1. The van der Waals surface area contributed by atoms with Gasteiger partial charge in [-0.25, -0.2) is 0 Å². The van der Waals surface area contributed by atoms with E-state index in [2.05, 4.69) is 0 Å². The zero-order valence-corrected chi connectivity index (χ0v) is 9.71. The molecule has 14 heavy (non-hydrogen) atoms. The molecule has 0 aromatic heterocycles. The smallest absolute Gasteiger partial charge is 0.220 e. The van der Waals surface area contributed by atoms with Gasteiger partial charge in [-0.3, -0.25) is 4.79 Å². The van der Waals surface area contributed by atoms with Crippen LogP contribution in [0.25, 0.3) is 0 Å². The lowest BCUT2D eigenvalue weighted by Crippen LogP contribution is -2.41. The van der Waals surface area contributed by atoms with Crippen molar-refractivity contribution >= 4 is 5.91 Å². The number of primary amides is 1. The third-order valence-corrected chi connectivity index (χ3v) is 2.77. The molecule has 1 amide bonds. The predicted octanol–water partition coefficient (Wildman–Crippen LogP) is 1.69. The highest BCUT2D eigenvalue weighted by molar-refractivity contribution is 5.74. The van der Waals surface area contributed by atoms with Crippen LogP contribution in [0.5, 0.6) is 0 Å². The second-order valence-electron chi connectivity index (χ2n) is 4.65. The standard InChI is InChI=1S/C11H23NO2/c1-5-9(4)11(14,6-8(2)3)7-10(12)13/h8-9,14H,5-7H2,1-4H3,(H2,12,13). The molecule has 3 heteroatoms. The fourth-order valence-electron chi connectivity index (χ4n) is 1.84. The minimum atomic E-state index is -0.922. The summed E-state index contributed by atoms with van der Waals surface area (Å²) < 4.78 is 0. The van der Waals surface area contributed by atoms with E-state index < -0.39 is 11.5 Å². The molecule has 0 saturated heterocycles. The van der Waals surface area contributed by atoms with Crippen LogP contribution in [0.1, 0.15) is 47.0 Å². The van der Waals surface area contributed by atoms with Crippen LogP contribution in [0.15, 0.2) is 0 Å². The first kappa shape index (κ1) is 13.4. The highest BCUT2D eigenvalue weighted by atomic mass is 16.3. The lowest BCUT2D eigenvalue weighted by atomic mass is 9.78. The Morgan fingerprint density at radius 2 is 1.93 bits per heavy atom. The number of amides is 1. The van der Waals surface area contributed by atoms with Gasteiger partial charge in [0, 0.05) is 0 Å². The van der Waals surface area contributed by atoms with Gasteiger partial charge in [0.05, 0.1) is 12.0 Å². The van der Waals surface area contributed by atoms with Crippen molar-refractivity contribution in [3.05, 3.63) is 0 Å². The maximum Gasteiger partial charge on any atom is 0.220 e. The molecule has 0 saturated carbocycles. The van der Waals surface area contributed by atoms with Gasteiger partial charge in [0.15, 0.2) is 0 Å². The van der Waals surface area contributed by atoms with Crippen molar-refractivity contribution in [3.63, 3.8) is 0 Å². The predicted molar refractivity (Wildman–Crippen MR) is 57.7 cm³/mol. The van der Waals surface area contributed by atoms with Crippen molar-refractivity contribution in [1.29, 1.82) is 0 Å². The first-order chi connectivity index (χ1) is 6.31. The monoisotopic (exact) mass is 201 g/mol. The molecule has 2 atom stereocenters. The lowest BCUT2D eigenvalue weighted by molar-refractivity contribution is -0.126. The molecule has 0 fully saturated rings. The van der Waals surface area contributed by atoms with E-state index in [1.165, 1.54) is 0 Å². The van der Waals surface area contributed by atoms with Crippen LogP contribution in [0.4, 0.5) is 0 Å². The van der Waals surface area contributed by atoms with Crippen LogP contribution in [0.2, 0.25) is 0 Å². The van der Waals surface area contributed by atoms with Crippen molar-refractivity contribution in [2.75, 3.05) is 0 Å². The summed E-state index contributed by atoms with van der Waals surface area (Å²) in [5, 5.41) is 10.3. The van der Waals surface area contributed by atoms with Gasteiger partial charge >= 0.3 is 0 Å². The van der Waals surface area contributed by atoms with Gasteiger partial charge in [0.2, 0.25) is 5.91 Å². The molecule has 0 spiro atoms. The molecule has 0 heterocycles. The van der Waals surface area contributed by atoms with Crippen LogP contribution >= 0.6 is 0 Å². The van der Waals surface area contributed by atoms with Gasteiger partial charge < -0.3 is 10.8 Å². The van der Waals surface area contributed by atoms with Gasteiger partial charge in [0.1, 0.15) is 0 Å². The van der Waals surface area contributed by atoms with E-state index in [1.807, 2.05) is 27.7 Å². The van der Waals surface area contributed by atoms with E-state index in [0.29, 0.717) is 12.3 Å². The Bertz CT molecular complexity index is 192. The Hall–Kier alpha value is -0.570. The number of hydrogen-bond acceptors (Lipinski definition) is 2. The Labute approximate surface area is 86.7 Å². The van der Waals surface area contributed by atoms with E-state index in [0.717, 1.165) is 6.42 Å². The zero-order valence-electron chi connectivity index (χ0n) is 9.71. The largest absolute Gasteiger partial charge is 0.389 e. The van der Waals surface area contributed by atoms with Crippen LogP contribution in [0, 0.1) is 11.8 Å². The number of carbonyl (C=O) groups is 1. The third-order valence-electron chi connectivity index (χ3n) is 2.77. The second kappa shape index (κ2) is 5.35. The summed E-state index contributed by atoms with van der Waals surface area (Å²) in [7, 11) is 0. The van der Waals surface area contributed by atoms with Gasteiger partial charge in [-0.1, -0.05) is 34.1 Å². The van der Waals surface area contributed by atoms with Crippen LogP contribution < -0.4 is 5.73 Å². The van der Waals surface area contributed by atoms with E-state index in [9.17, 15) is 9.90 Å². The van der Waals surface area contributed by atoms with E-state index in [4.69, 9.17) is 5.73 Å². The summed E-state index contributed by atoms with van der Waals surface area (Å²) in [4.78, 5) is 10.9. The molecule has 0 aromatic rings. The first-order valence-electron chi connectivity index (χ1n) is 5.32. The summed E-state index contributed by atoms with van der Waals surface area (Å²) in [6.07, 6.45) is 1.56. The van der Waals surface area contributed by atoms with Crippen LogP contribution in [0.3, 0.4) is 0 Å². The third kappa shape index (κ3) is 4.09. The Balaban J connectivity index is 4.56. The molecule has 0 aromatic carbocycles. The van der Waals surface area contributed by atoms with Gasteiger partial charge in [-0.15, -0.1) is 0 Å². The SMILES string of the molecule is CCC(C)C(O)(CC(N)=O)CC(C)C. The van der Waals surface area contributed by atoms with Crippen molar-refractivity contribution in [2.24, 2.45) is 17.6 Å². The minimum Gasteiger partial charge on any atom is -0.389 e. The molecule has 3 N–H and O–H groups in total. The topological polar surface area (TPSA) is 63.3 Å². The summed E-state index contributed by atoms with van der Waals surface area (Å²) in [5.41, 5.74) is 4.23. The number of carbonyl (C=O) groups excluding carboxylic acids is 1. The molecule has 0 aliphatic heterocycles. The number of aliphatic hydroxyl groups is 1. The molecule has 0 bridgehead atoms. The minimum absolute atomic E-state index is 0.0696. The molecule has 0 aliphatic rings. The summed E-state index contributed by atoms with van der Waals surface area (Å²) in [6.45, 7) is 8.05. The fourth-order valence-corrected chi connectivity index (χ4v) is 1.84. The maximum atomic E-state index is 10.9. The quantitative estimate of drug-likeness (QED) is 0.687. The average molecular weight is 201 g/mol. The summed E-state index contributed by atoms with van der Waals surface area (Å²) in [5.74, 6) is 0.0548. The van der Waals surface area contributed by atoms with Crippen molar-refractivity contribution in [2.45, 2.75) is 52.6 Å². The van der Waals surface area contributed by atoms with E-state index in [-0.39, 0.29) is 12.3 Å². The normalized spacial score (nSPS) is 17.9. The molecule has 2 unspecified atom stereocenters. The summed E-state index contributed by atoms with van der Waals surface area (Å²) in [6, 6.07) is 0. The van der Waals surface area contributed by atoms with Gasteiger partial charge in [-0.2, -0.15) is 0 Å². The molecule has 0 aliphatic carbocycles. The highest BCUT2D eigenvalue weighted by Gasteiger charge is 2.34. The van der Waals surface area contributed by atoms with Crippen LogP contribution in [-0.2, 0) is 4.79 Å². The van der Waals surface area contributed by atoms with Crippen molar-refractivity contribution in [1.82, 2.24) is 0 Å². The van der Waals surface area contributed by atoms with E-state index >= 15 is 0 Å². The fraction of sp³-hybridized carbons (Fsp3) is 0.909. The van der Waals surface area contributed by atoms with Crippen LogP contribution in [-0.4, -0.2) is 16.6 Å². The number of rotatable bonds is 6. The van der Waals surface area contributed by atoms with Crippen molar-refractivity contribution < 1.29 is 9.90 Å². The second-order valence-corrected chi connectivity index (χ2v) is 4.65. The molecule has 3 nitrogen and oxygen atoms in total. The highest BCUT2D eigenvalue weighted by Crippen LogP contribution is 2.30. The Morgan fingerprint density at radius 1 is 1.43 bits per heavy atom. The maximum absolute atomic E-state index is 10.9. The molecule has 0 rings (SSSR count). The van der Waals surface area contributed by atoms with Gasteiger partial charge in [-0.05, 0) is 18.3 Å². The zero-order chi connectivity index (χ0) is 11.4. The van der Waals surface area contributed by atoms with Gasteiger partial charge in [0.25, 0.3) is 0 Å². The molecule has 84 valence electrons. The van der Waals surface area contributed by atoms with E-state index in [1.54, 1.807) is 0 Å². The first-order valence-corrected chi connectivity index (χ1v) is 5.32. The molecule has 0 radical (unpaired) electrons. The Morgan fingerprint density at radius 3 is 2.21 bits per heavy atom. The lowest BCUT2D eigenvalue weighted by Gasteiger charge is -2.34. The number of hydrogen-bond donors (Lipinski definition) is 2. The summed E-state index contributed by atoms with van der Waals surface area (Å²) >= 11 is 0. The Kier molecular flexibility index (Phi) is 5.13. The molecular formula is C11H23NO2.